The third kappa shape index (κ3) is 4.54. The highest BCUT2D eigenvalue weighted by molar-refractivity contribution is 7.92. The average Bonchev–Trinajstić information content (AvgIpc) is 3.14. The van der Waals surface area contributed by atoms with Gasteiger partial charge in [-0.3, -0.25) is 4.79 Å². The third-order valence-corrected chi connectivity index (χ3v) is 8.66. The summed E-state index contributed by atoms with van der Waals surface area (Å²) in [5, 5.41) is 0. The second-order valence-electron chi connectivity index (χ2n) is 7.12. The number of amides is 1. The van der Waals surface area contributed by atoms with Crippen LogP contribution in [-0.4, -0.2) is 52.7 Å². The lowest BCUT2D eigenvalue weighted by atomic mass is 10.2. The zero-order valence-electron chi connectivity index (χ0n) is 18.2. The van der Waals surface area contributed by atoms with Gasteiger partial charge >= 0.3 is 5.97 Å². The molecule has 182 valence electrons. The summed E-state index contributed by atoms with van der Waals surface area (Å²) in [6.07, 6.45) is 0. The number of methoxy groups -OCH3 is 1. The Balaban J connectivity index is 0.000000192. The normalized spacial score (nSPS) is 20.3. The smallest absolute Gasteiger partial charge is 0.337 e. The Hall–Kier alpha value is -3.65. The van der Waals surface area contributed by atoms with Gasteiger partial charge in [-0.1, -0.05) is 0 Å². The molecule has 0 aliphatic carbocycles. The Labute approximate surface area is 195 Å². The van der Waals surface area contributed by atoms with Crippen molar-refractivity contribution in [1.29, 1.82) is 0 Å². The first-order chi connectivity index (χ1) is 15.8. The molecule has 4 rings (SSSR count). The predicted molar refractivity (Wildman–Crippen MR) is 119 cm³/mol. The number of rotatable bonds is 2. The van der Waals surface area contributed by atoms with Crippen LogP contribution in [0.3, 0.4) is 0 Å². The molecule has 2 aliphatic heterocycles. The Morgan fingerprint density at radius 2 is 1.29 bits per heavy atom. The molecule has 4 N–H and O–H groups in total. The van der Waals surface area contributed by atoms with Crippen LogP contribution in [0.15, 0.2) is 51.2 Å². The number of guanidine groups is 1. The molecule has 2 unspecified atom stereocenters. The summed E-state index contributed by atoms with van der Waals surface area (Å²) in [6, 6.07) is 8.23. The minimum absolute atomic E-state index is 0.0216. The van der Waals surface area contributed by atoms with Crippen molar-refractivity contribution in [3.05, 3.63) is 47.5 Å². The molecule has 0 saturated carbocycles. The van der Waals surface area contributed by atoms with Crippen LogP contribution < -0.4 is 20.9 Å². The van der Waals surface area contributed by atoms with E-state index in [1.54, 1.807) is 0 Å². The van der Waals surface area contributed by atoms with E-state index >= 15 is 0 Å². The van der Waals surface area contributed by atoms with Gasteiger partial charge in [-0.05, 0) is 50.2 Å². The van der Waals surface area contributed by atoms with Crippen LogP contribution in [0.25, 0.3) is 0 Å². The number of carbonyl (C=O) groups excluding carboxylic acids is 2. The first-order valence-corrected chi connectivity index (χ1v) is 12.7. The van der Waals surface area contributed by atoms with Crippen LogP contribution in [0.1, 0.15) is 34.6 Å². The molecule has 12 nitrogen and oxygen atoms in total. The number of ether oxygens (including phenoxy) is 3. The molecule has 0 radical (unpaired) electrons. The van der Waals surface area contributed by atoms with Gasteiger partial charge in [0.05, 0.1) is 12.7 Å². The number of esters is 1. The number of nitrogens with zero attached hydrogens (tertiary/aromatic N) is 1. The molecule has 0 aromatic heterocycles. The van der Waals surface area contributed by atoms with Crippen LogP contribution in [0.2, 0.25) is 0 Å². The average molecular weight is 512 g/mol. The maximum atomic E-state index is 11.9. The van der Waals surface area contributed by atoms with Crippen molar-refractivity contribution in [2.24, 2.45) is 16.5 Å². The first kappa shape index (κ1) is 25.0. The minimum Gasteiger partial charge on any atom is -0.473 e. The maximum absolute atomic E-state index is 11.9. The standard InChI is InChI=1S/C10H11N3O4S.C10H10O5S/c1-5-17-7-3-2-6(9(14)13-10(11)12)4-8(7)18(5,15)16;1-6-15-8-4-3-7(10(11)14-2)5-9(8)16(6,12)13/h2-5H,1H3,(H4,11,12,13,14);3-6H,1-2H3. The number of nitrogens with two attached hydrogens (primary N) is 2. The lowest BCUT2D eigenvalue weighted by Crippen LogP contribution is -2.24. The molecule has 14 heteroatoms. The third-order valence-electron chi connectivity index (χ3n) is 4.86. The molecule has 2 aromatic carbocycles. The van der Waals surface area contributed by atoms with Gasteiger partial charge in [0.15, 0.2) is 5.96 Å². The van der Waals surface area contributed by atoms with Gasteiger partial charge in [-0.15, -0.1) is 0 Å². The largest absolute Gasteiger partial charge is 0.473 e. The molecule has 34 heavy (non-hydrogen) atoms. The van der Waals surface area contributed by atoms with Gasteiger partial charge in [0.25, 0.3) is 5.91 Å². The monoisotopic (exact) mass is 511 g/mol. The molecule has 2 aromatic rings. The molecule has 0 fully saturated rings. The lowest BCUT2D eigenvalue weighted by Gasteiger charge is -2.00. The van der Waals surface area contributed by atoms with Crippen LogP contribution in [0.4, 0.5) is 0 Å². The van der Waals surface area contributed by atoms with E-state index in [4.69, 9.17) is 20.9 Å². The molecule has 0 spiro atoms. The molecule has 2 atom stereocenters. The zero-order valence-corrected chi connectivity index (χ0v) is 19.8. The number of fused-ring (bicyclic) bond motifs is 2. The topological polar surface area (TPSA) is 195 Å². The van der Waals surface area contributed by atoms with Crippen molar-refractivity contribution in [2.75, 3.05) is 7.11 Å². The maximum Gasteiger partial charge on any atom is 0.337 e. The molecule has 1 amide bonds. The van der Waals surface area contributed by atoms with Crippen LogP contribution in [0, 0.1) is 0 Å². The molecule has 0 bridgehead atoms. The Morgan fingerprint density at radius 3 is 1.74 bits per heavy atom. The molecular weight excluding hydrogens is 490 g/mol. The highest BCUT2D eigenvalue weighted by atomic mass is 32.2. The number of carbonyl (C=O) groups is 2. The van der Waals surface area contributed by atoms with E-state index in [2.05, 4.69) is 9.73 Å². The fraction of sp³-hybridized carbons (Fsp3) is 0.250. The Morgan fingerprint density at radius 1 is 0.853 bits per heavy atom. The van der Waals surface area contributed by atoms with Crippen molar-refractivity contribution < 1.29 is 40.6 Å². The molecule has 2 aliphatic rings. The Kier molecular flexibility index (Phi) is 6.57. The fourth-order valence-electron chi connectivity index (χ4n) is 3.06. The summed E-state index contributed by atoms with van der Waals surface area (Å²) in [6.45, 7) is 2.88. The van der Waals surface area contributed by atoms with Gasteiger partial charge in [-0.2, -0.15) is 4.99 Å². The summed E-state index contributed by atoms with van der Waals surface area (Å²) in [5.74, 6) is -1.15. The SMILES string of the molecule is CC1Oc2ccc(C(=O)N=C(N)N)cc2S1(=O)=O.COC(=O)c1ccc2c(c1)S(=O)(=O)C(C)O2. The minimum atomic E-state index is -3.55. The predicted octanol–water partition coefficient (Wildman–Crippen LogP) is 0.598. The van der Waals surface area contributed by atoms with Gasteiger partial charge in [0.2, 0.25) is 30.5 Å². The number of hydrogen-bond donors (Lipinski definition) is 2. The summed E-state index contributed by atoms with van der Waals surface area (Å²) >= 11 is 0. The second kappa shape index (κ2) is 8.95. The number of sulfone groups is 2. The van der Waals surface area contributed by atoms with Crippen LogP contribution >= 0.6 is 0 Å². The van der Waals surface area contributed by atoms with Crippen molar-refractivity contribution in [3.8, 4) is 11.5 Å². The second-order valence-corrected chi connectivity index (χ2v) is 11.5. The summed E-state index contributed by atoms with van der Waals surface area (Å²) < 4.78 is 62.1. The van der Waals surface area contributed by atoms with E-state index < -0.39 is 42.4 Å². The first-order valence-electron chi connectivity index (χ1n) is 9.60. The van der Waals surface area contributed by atoms with Gasteiger partial charge < -0.3 is 25.7 Å². The van der Waals surface area contributed by atoms with E-state index in [0.717, 1.165) is 0 Å². The van der Waals surface area contributed by atoms with Gasteiger partial charge in [-0.25, -0.2) is 21.6 Å². The van der Waals surface area contributed by atoms with E-state index in [1.807, 2.05) is 0 Å². The highest BCUT2D eigenvalue weighted by Crippen LogP contribution is 2.37. The molecule has 2 heterocycles. The van der Waals surface area contributed by atoms with E-state index in [1.165, 1.54) is 57.4 Å². The van der Waals surface area contributed by atoms with Gasteiger partial charge in [0.1, 0.15) is 21.3 Å². The van der Waals surface area contributed by atoms with Crippen molar-refractivity contribution in [1.82, 2.24) is 0 Å². The van der Waals surface area contributed by atoms with Crippen LogP contribution in [-0.2, 0) is 24.4 Å². The summed E-state index contributed by atoms with van der Waals surface area (Å²) in [5.41, 5.74) is 8.58. The van der Waals surface area contributed by atoms with Crippen LogP contribution in [0.5, 0.6) is 11.5 Å². The molecule has 0 saturated heterocycles. The van der Waals surface area contributed by atoms with Crippen molar-refractivity contribution in [3.63, 3.8) is 0 Å². The fourth-order valence-corrected chi connectivity index (χ4v) is 5.61. The quantitative estimate of drug-likeness (QED) is 0.325. The number of hydrogen-bond acceptors (Lipinski definition) is 9. The highest BCUT2D eigenvalue weighted by Gasteiger charge is 2.37. The summed E-state index contributed by atoms with van der Waals surface area (Å²) in [4.78, 5) is 26.2. The molecular formula is C20H21N3O9S2. The van der Waals surface area contributed by atoms with E-state index in [9.17, 15) is 26.4 Å². The number of aliphatic imine (C=N–C) groups is 1. The van der Waals surface area contributed by atoms with Crippen molar-refractivity contribution in [2.45, 2.75) is 34.5 Å². The van der Waals surface area contributed by atoms with E-state index in [0.29, 0.717) is 0 Å². The lowest BCUT2D eigenvalue weighted by molar-refractivity contribution is 0.0600. The Bertz CT molecular complexity index is 1410. The van der Waals surface area contributed by atoms with E-state index in [-0.39, 0.29) is 38.4 Å². The number of benzene rings is 2. The zero-order chi connectivity index (χ0) is 25.4. The van der Waals surface area contributed by atoms with Gasteiger partial charge in [0, 0.05) is 5.56 Å². The van der Waals surface area contributed by atoms with Crippen molar-refractivity contribution >= 4 is 37.5 Å². The summed E-state index contributed by atoms with van der Waals surface area (Å²) in [7, 11) is -5.79.